The van der Waals surface area contributed by atoms with Crippen LogP contribution in [-0.2, 0) is 4.74 Å². The fraction of sp³-hybridized carbons (Fsp3) is 0.647. The van der Waals surface area contributed by atoms with Crippen LogP contribution in [0.1, 0.15) is 52.6 Å². The van der Waals surface area contributed by atoms with E-state index in [2.05, 4.69) is 48.9 Å². The predicted octanol–water partition coefficient (Wildman–Crippen LogP) is 5.08. The van der Waals surface area contributed by atoms with Crippen molar-refractivity contribution in [1.29, 1.82) is 0 Å². The summed E-state index contributed by atoms with van der Waals surface area (Å²) in [5.74, 6) is -0.208. The lowest BCUT2D eigenvalue weighted by Crippen LogP contribution is -2.42. The second-order valence-electron chi connectivity index (χ2n) is 6.32. The minimum absolute atomic E-state index is 0.0871. The Labute approximate surface area is 136 Å². The van der Waals surface area contributed by atoms with Crippen LogP contribution in [0.15, 0.2) is 22.7 Å². The summed E-state index contributed by atoms with van der Waals surface area (Å²) in [5.41, 5.74) is 0.571. The average molecular weight is 360 g/mol. The van der Waals surface area contributed by atoms with Crippen LogP contribution in [0.5, 0.6) is 0 Å². The third-order valence-electron chi connectivity index (χ3n) is 3.43. The summed E-state index contributed by atoms with van der Waals surface area (Å²) >= 11 is 3.28. The van der Waals surface area contributed by atoms with E-state index >= 15 is 0 Å². The van der Waals surface area contributed by atoms with Crippen LogP contribution in [0.4, 0.5) is 4.39 Å². The number of nitrogens with one attached hydrogen (secondary N) is 1. The molecule has 2 unspecified atom stereocenters. The van der Waals surface area contributed by atoms with Gasteiger partial charge < -0.3 is 10.1 Å². The number of halogens is 2. The maximum absolute atomic E-state index is 14.5. The summed E-state index contributed by atoms with van der Waals surface area (Å²) in [5, 5.41) is 3.46. The van der Waals surface area contributed by atoms with E-state index in [0.29, 0.717) is 16.6 Å². The van der Waals surface area contributed by atoms with Crippen LogP contribution in [0.3, 0.4) is 0 Å². The molecule has 0 bridgehead atoms. The lowest BCUT2D eigenvalue weighted by atomic mass is 9.81. The molecule has 0 saturated carbocycles. The Morgan fingerprint density at radius 1 is 1.29 bits per heavy atom. The monoisotopic (exact) mass is 359 g/mol. The Bertz CT molecular complexity index is 445. The fourth-order valence-electron chi connectivity index (χ4n) is 2.47. The summed E-state index contributed by atoms with van der Waals surface area (Å²) in [6.45, 7) is 11.9. The zero-order valence-electron chi connectivity index (χ0n) is 13.7. The maximum atomic E-state index is 14.5. The molecule has 0 aliphatic carbocycles. The van der Waals surface area contributed by atoms with Crippen molar-refractivity contribution in [1.82, 2.24) is 5.32 Å². The molecule has 1 N–H and O–H groups in total. The molecule has 0 aromatic heterocycles. The lowest BCUT2D eigenvalue weighted by molar-refractivity contribution is -0.0372. The molecule has 1 aromatic carbocycles. The molecule has 0 saturated heterocycles. The summed E-state index contributed by atoms with van der Waals surface area (Å²) in [4.78, 5) is 0. The topological polar surface area (TPSA) is 21.3 Å². The van der Waals surface area contributed by atoms with Gasteiger partial charge in [-0.05, 0) is 47.3 Å². The van der Waals surface area contributed by atoms with Gasteiger partial charge in [0.2, 0.25) is 0 Å². The minimum atomic E-state index is -0.208. The van der Waals surface area contributed by atoms with Crippen LogP contribution >= 0.6 is 15.9 Å². The van der Waals surface area contributed by atoms with Crippen molar-refractivity contribution in [3.63, 3.8) is 0 Å². The van der Waals surface area contributed by atoms with Crippen LogP contribution in [-0.4, -0.2) is 19.3 Å². The minimum Gasteiger partial charge on any atom is -0.376 e. The highest BCUT2D eigenvalue weighted by atomic mass is 79.9. The van der Waals surface area contributed by atoms with Gasteiger partial charge >= 0.3 is 0 Å². The van der Waals surface area contributed by atoms with Crippen LogP contribution < -0.4 is 5.32 Å². The molecule has 21 heavy (non-hydrogen) atoms. The third kappa shape index (κ3) is 5.04. The van der Waals surface area contributed by atoms with Crippen molar-refractivity contribution in [3.05, 3.63) is 34.1 Å². The molecule has 0 fully saturated rings. The average Bonchev–Trinajstić information content (AvgIpc) is 2.41. The van der Waals surface area contributed by atoms with Crippen molar-refractivity contribution in [2.45, 2.75) is 53.2 Å². The smallest absolute Gasteiger partial charge is 0.142 e. The molecule has 0 radical (unpaired) electrons. The van der Waals surface area contributed by atoms with Crippen molar-refractivity contribution in [2.75, 3.05) is 13.2 Å². The van der Waals surface area contributed by atoms with Crippen LogP contribution in [0.2, 0.25) is 0 Å². The van der Waals surface area contributed by atoms with Gasteiger partial charge in [-0.15, -0.1) is 0 Å². The normalized spacial score (nSPS) is 15.0. The number of rotatable bonds is 7. The first-order valence-electron chi connectivity index (χ1n) is 7.61. The van der Waals surface area contributed by atoms with Gasteiger partial charge in [0.25, 0.3) is 0 Å². The molecule has 0 aliphatic heterocycles. The highest BCUT2D eigenvalue weighted by Gasteiger charge is 2.35. The summed E-state index contributed by atoms with van der Waals surface area (Å²) in [7, 11) is 0. The van der Waals surface area contributed by atoms with E-state index in [1.165, 1.54) is 0 Å². The van der Waals surface area contributed by atoms with E-state index in [9.17, 15) is 4.39 Å². The number of hydrogen-bond acceptors (Lipinski definition) is 2. The van der Waals surface area contributed by atoms with Crippen molar-refractivity contribution < 1.29 is 9.13 Å². The number of benzene rings is 1. The summed E-state index contributed by atoms with van der Waals surface area (Å²) < 4.78 is 21.0. The fourth-order valence-corrected chi connectivity index (χ4v) is 2.85. The summed E-state index contributed by atoms with van der Waals surface area (Å²) in [6, 6.07) is 5.27. The van der Waals surface area contributed by atoms with E-state index in [0.717, 1.165) is 13.0 Å². The van der Waals surface area contributed by atoms with Gasteiger partial charge in [-0.2, -0.15) is 0 Å². The Balaban J connectivity index is 3.22. The first-order valence-corrected chi connectivity index (χ1v) is 8.41. The standard InChI is InChI=1S/C17H27BrFNO/c1-6-11-20-15(16(21-7-2)17(3,4)5)12-9-8-10-13(18)14(12)19/h8-10,15-16,20H,6-7,11H2,1-5H3. The Morgan fingerprint density at radius 3 is 2.48 bits per heavy atom. The Kier molecular flexibility index (Phi) is 7.31. The van der Waals surface area contributed by atoms with Crippen molar-refractivity contribution in [3.8, 4) is 0 Å². The first kappa shape index (κ1) is 18.6. The molecule has 0 amide bonds. The van der Waals surface area contributed by atoms with Gasteiger partial charge in [0, 0.05) is 12.2 Å². The molecule has 4 heteroatoms. The molecule has 120 valence electrons. The third-order valence-corrected chi connectivity index (χ3v) is 4.05. The SMILES string of the molecule is CCCNC(c1cccc(Br)c1F)C(OCC)C(C)(C)C. The van der Waals surface area contributed by atoms with Crippen LogP contribution in [0.25, 0.3) is 0 Å². The number of hydrogen-bond donors (Lipinski definition) is 1. The quantitative estimate of drug-likeness (QED) is 0.732. The zero-order chi connectivity index (χ0) is 16.0. The van der Waals surface area contributed by atoms with Gasteiger partial charge in [0.05, 0.1) is 16.6 Å². The van der Waals surface area contributed by atoms with Gasteiger partial charge in [-0.1, -0.05) is 39.8 Å². The molecule has 0 heterocycles. The van der Waals surface area contributed by atoms with E-state index in [1.54, 1.807) is 6.07 Å². The molecule has 1 aromatic rings. The zero-order valence-corrected chi connectivity index (χ0v) is 15.3. The molecule has 2 atom stereocenters. The van der Waals surface area contributed by atoms with Crippen LogP contribution in [0, 0.1) is 11.2 Å². The molecule has 2 nitrogen and oxygen atoms in total. The second-order valence-corrected chi connectivity index (χ2v) is 7.17. The highest BCUT2D eigenvalue weighted by Crippen LogP contribution is 2.35. The lowest BCUT2D eigenvalue weighted by Gasteiger charge is -2.37. The largest absolute Gasteiger partial charge is 0.376 e. The molecule has 0 spiro atoms. The highest BCUT2D eigenvalue weighted by molar-refractivity contribution is 9.10. The van der Waals surface area contributed by atoms with Gasteiger partial charge in [0.1, 0.15) is 5.82 Å². The van der Waals surface area contributed by atoms with Crippen molar-refractivity contribution in [2.24, 2.45) is 5.41 Å². The van der Waals surface area contributed by atoms with Crippen molar-refractivity contribution >= 4 is 15.9 Å². The number of ether oxygens (including phenoxy) is 1. The van der Waals surface area contributed by atoms with Gasteiger partial charge in [-0.25, -0.2) is 4.39 Å². The Morgan fingerprint density at radius 2 is 1.95 bits per heavy atom. The van der Waals surface area contributed by atoms with E-state index in [4.69, 9.17) is 4.74 Å². The first-order chi connectivity index (χ1) is 9.82. The van der Waals surface area contributed by atoms with Gasteiger partial charge in [-0.3, -0.25) is 0 Å². The maximum Gasteiger partial charge on any atom is 0.142 e. The summed E-state index contributed by atoms with van der Waals surface area (Å²) in [6.07, 6.45) is 0.896. The predicted molar refractivity (Wildman–Crippen MR) is 90.0 cm³/mol. The Hall–Kier alpha value is -0.450. The molecular weight excluding hydrogens is 333 g/mol. The molecule has 0 aliphatic rings. The molecule has 1 rings (SSSR count). The molecular formula is C17H27BrFNO. The van der Waals surface area contributed by atoms with Gasteiger partial charge in [0.15, 0.2) is 0 Å². The van der Waals surface area contributed by atoms with E-state index < -0.39 is 0 Å². The van der Waals surface area contributed by atoms with E-state index in [-0.39, 0.29) is 23.4 Å². The van der Waals surface area contributed by atoms with E-state index in [1.807, 2.05) is 19.1 Å². The second kappa shape index (κ2) is 8.25.